The Morgan fingerprint density at radius 2 is 1.71 bits per heavy atom. The van der Waals surface area contributed by atoms with E-state index in [0.717, 1.165) is 13.0 Å². The molecule has 31 heavy (non-hydrogen) atoms. The van der Waals surface area contributed by atoms with E-state index in [1.54, 1.807) is 0 Å². The second kappa shape index (κ2) is 9.20. The molecule has 0 aliphatic carbocycles. The topological polar surface area (TPSA) is 3.24 Å². The summed E-state index contributed by atoms with van der Waals surface area (Å²) in [7, 11) is 0. The number of fused-ring (bicyclic) bond motifs is 2. The van der Waals surface area contributed by atoms with Crippen molar-refractivity contribution in [2.24, 2.45) is 0 Å². The van der Waals surface area contributed by atoms with Gasteiger partial charge in [-0.2, -0.15) is 0 Å². The Bertz CT molecular complexity index is 1210. The minimum absolute atomic E-state index is 0.979. The van der Waals surface area contributed by atoms with Gasteiger partial charge in [-0.15, -0.1) is 0 Å². The molecule has 0 saturated carbocycles. The Kier molecular flexibility index (Phi) is 6.38. The molecule has 158 valence electrons. The van der Waals surface area contributed by atoms with Gasteiger partial charge in [-0.3, -0.25) is 0 Å². The lowest BCUT2D eigenvalue weighted by atomic mass is 9.97. The summed E-state index contributed by atoms with van der Waals surface area (Å²) in [4.78, 5) is 3.77. The quantitative estimate of drug-likeness (QED) is 0.377. The zero-order chi connectivity index (χ0) is 22.0. The Morgan fingerprint density at radius 3 is 2.45 bits per heavy atom. The summed E-state index contributed by atoms with van der Waals surface area (Å²) < 4.78 is 0. The Balaban J connectivity index is 1.59. The van der Waals surface area contributed by atoms with E-state index in [-0.39, 0.29) is 0 Å². The molecule has 0 saturated heterocycles. The van der Waals surface area contributed by atoms with Gasteiger partial charge in [-0.05, 0) is 85.4 Å². The van der Waals surface area contributed by atoms with Crippen molar-refractivity contribution in [2.45, 2.75) is 45.9 Å². The molecular formula is C29H31NS. The summed E-state index contributed by atoms with van der Waals surface area (Å²) in [6, 6.07) is 17.9. The molecule has 1 aliphatic rings. The maximum Gasteiger partial charge on any atom is 0.0801 e. The fourth-order valence-corrected chi connectivity index (χ4v) is 5.33. The summed E-state index contributed by atoms with van der Waals surface area (Å²) >= 11 is 1.87. The van der Waals surface area contributed by atoms with Crippen molar-refractivity contribution < 1.29 is 0 Å². The first kappa shape index (κ1) is 21.5. The molecule has 1 nitrogen and oxygen atoms in total. The highest BCUT2D eigenvalue weighted by molar-refractivity contribution is 8.03. The van der Waals surface area contributed by atoms with Crippen LogP contribution in [0.4, 0.5) is 5.69 Å². The van der Waals surface area contributed by atoms with Crippen molar-refractivity contribution in [2.75, 3.05) is 11.4 Å². The van der Waals surface area contributed by atoms with Gasteiger partial charge in [0.25, 0.3) is 0 Å². The smallest absolute Gasteiger partial charge is 0.0801 e. The van der Waals surface area contributed by atoms with Crippen molar-refractivity contribution in [1.29, 1.82) is 0 Å². The highest BCUT2D eigenvalue weighted by atomic mass is 32.2. The fraction of sp³-hybridized carbons (Fsp3) is 0.241. The molecule has 0 fully saturated rings. The zero-order valence-corrected chi connectivity index (χ0v) is 20.0. The number of thioether (sulfide) groups is 1. The van der Waals surface area contributed by atoms with Crippen molar-refractivity contribution in [3.63, 3.8) is 0 Å². The Labute approximate surface area is 191 Å². The van der Waals surface area contributed by atoms with E-state index >= 15 is 0 Å². The standard InChI is InChI=1S/C29H31NS/c1-6-23-15-16-24(26-11-9-8-10-25(23)26)14-12-20(3)13-17-29-30(7-2)27-18-21(4)22(5)19-28(27)31-29/h8-19H,6-7H2,1-5H3/b14-12+,20-13-,29-17-. The van der Waals surface area contributed by atoms with Gasteiger partial charge in [-0.1, -0.05) is 78.9 Å². The molecular weight excluding hydrogens is 394 g/mol. The number of aryl methyl sites for hydroxylation is 3. The van der Waals surface area contributed by atoms with Crippen LogP contribution in [0.1, 0.15) is 43.0 Å². The number of hydrogen-bond donors (Lipinski definition) is 0. The summed E-state index contributed by atoms with van der Waals surface area (Å²) in [5.41, 5.74) is 7.99. The number of rotatable bonds is 5. The van der Waals surface area contributed by atoms with Gasteiger partial charge in [0, 0.05) is 11.4 Å². The maximum absolute atomic E-state index is 2.41. The first-order chi connectivity index (χ1) is 15.0. The molecule has 3 aromatic carbocycles. The third-order valence-corrected chi connectivity index (χ3v) is 7.22. The second-order valence-corrected chi connectivity index (χ2v) is 9.27. The fourth-order valence-electron chi connectivity index (χ4n) is 4.12. The molecule has 1 heterocycles. The van der Waals surface area contributed by atoms with Crippen LogP contribution in [-0.2, 0) is 6.42 Å². The average Bonchev–Trinajstić information content (AvgIpc) is 3.12. The van der Waals surface area contributed by atoms with Crippen LogP contribution in [-0.4, -0.2) is 6.54 Å². The Morgan fingerprint density at radius 1 is 0.968 bits per heavy atom. The molecule has 0 N–H and O–H groups in total. The van der Waals surface area contributed by atoms with Gasteiger partial charge in [-0.25, -0.2) is 0 Å². The third-order valence-electron chi connectivity index (χ3n) is 6.11. The van der Waals surface area contributed by atoms with Crippen LogP contribution in [0.25, 0.3) is 16.8 Å². The van der Waals surface area contributed by atoms with E-state index in [9.17, 15) is 0 Å². The van der Waals surface area contributed by atoms with Crippen LogP contribution < -0.4 is 4.90 Å². The molecule has 0 radical (unpaired) electrons. The lowest BCUT2D eigenvalue weighted by Crippen LogP contribution is -2.16. The summed E-state index contributed by atoms with van der Waals surface area (Å²) in [6.07, 6.45) is 10.0. The zero-order valence-electron chi connectivity index (χ0n) is 19.2. The number of benzene rings is 3. The number of anilines is 1. The molecule has 3 aromatic rings. The highest BCUT2D eigenvalue weighted by Gasteiger charge is 2.24. The van der Waals surface area contributed by atoms with Crippen LogP contribution >= 0.6 is 11.8 Å². The second-order valence-electron chi connectivity index (χ2n) is 8.21. The number of hydrogen-bond acceptors (Lipinski definition) is 2. The van der Waals surface area contributed by atoms with E-state index in [1.807, 2.05) is 11.8 Å². The van der Waals surface area contributed by atoms with Gasteiger partial charge in [0.2, 0.25) is 0 Å². The van der Waals surface area contributed by atoms with E-state index < -0.39 is 0 Å². The molecule has 0 spiro atoms. The van der Waals surface area contributed by atoms with Crippen LogP contribution in [0.5, 0.6) is 0 Å². The van der Waals surface area contributed by atoms with Gasteiger partial charge < -0.3 is 4.90 Å². The van der Waals surface area contributed by atoms with E-state index in [4.69, 9.17) is 0 Å². The van der Waals surface area contributed by atoms with Crippen molar-refractivity contribution in [1.82, 2.24) is 0 Å². The van der Waals surface area contributed by atoms with Gasteiger partial charge >= 0.3 is 0 Å². The minimum atomic E-state index is 0.979. The number of nitrogens with zero attached hydrogens (tertiary/aromatic N) is 1. The lowest BCUT2D eigenvalue weighted by Gasteiger charge is -2.18. The van der Waals surface area contributed by atoms with Crippen molar-refractivity contribution in [3.05, 3.63) is 99.6 Å². The molecule has 0 unspecified atom stereocenters. The van der Waals surface area contributed by atoms with Gasteiger partial charge in [0.1, 0.15) is 0 Å². The SMILES string of the molecule is CCc1ccc(/C=C/C(C)=C\C=C2/Sc3cc(C)c(C)cc3N2CC)c2ccccc12. The van der Waals surface area contributed by atoms with E-state index in [0.29, 0.717) is 0 Å². The van der Waals surface area contributed by atoms with Crippen LogP contribution in [0, 0.1) is 13.8 Å². The summed E-state index contributed by atoms with van der Waals surface area (Å²) in [6.45, 7) is 12.0. The average molecular weight is 426 g/mol. The van der Waals surface area contributed by atoms with Crippen LogP contribution in [0.15, 0.2) is 82.3 Å². The molecule has 0 aromatic heterocycles. The predicted molar refractivity (Wildman–Crippen MR) is 139 cm³/mol. The molecule has 1 aliphatic heterocycles. The normalized spacial score (nSPS) is 15.5. The Hall–Kier alpha value is -2.71. The largest absolute Gasteiger partial charge is 0.335 e. The maximum atomic E-state index is 2.41. The third kappa shape index (κ3) is 4.36. The molecule has 0 atom stereocenters. The monoisotopic (exact) mass is 425 g/mol. The van der Waals surface area contributed by atoms with Crippen molar-refractivity contribution in [3.8, 4) is 0 Å². The predicted octanol–water partition coefficient (Wildman–Crippen LogP) is 8.45. The van der Waals surface area contributed by atoms with E-state index in [2.05, 4.69) is 112 Å². The first-order valence-electron chi connectivity index (χ1n) is 11.2. The van der Waals surface area contributed by atoms with Crippen molar-refractivity contribution >= 4 is 34.3 Å². The minimum Gasteiger partial charge on any atom is -0.335 e. The molecule has 2 heteroatoms. The van der Waals surface area contributed by atoms with Crippen LogP contribution in [0.2, 0.25) is 0 Å². The van der Waals surface area contributed by atoms with E-state index in [1.165, 1.54) is 54.2 Å². The molecule has 4 rings (SSSR count). The number of allylic oxidation sites excluding steroid dienone is 4. The molecule has 0 bridgehead atoms. The van der Waals surface area contributed by atoms with Crippen LogP contribution in [0.3, 0.4) is 0 Å². The first-order valence-corrected chi connectivity index (χ1v) is 12.0. The summed E-state index contributed by atoms with van der Waals surface area (Å²) in [5.74, 6) is 0. The lowest BCUT2D eigenvalue weighted by molar-refractivity contribution is 0.998. The highest BCUT2D eigenvalue weighted by Crippen LogP contribution is 2.46. The van der Waals surface area contributed by atoms with Gasteiger partial charge in [0.05, 0.1) is 10.7 Å². The molecule has 0 amide bonds. The summed E-state index contributed by atoms with van der Waals surface area (Å²) in [5, 5.41) is 3.99. The van der Waals surface area contributed by atoms with Gasteiger partial charge in [0.15, 0.2) is 0 Å².